The van der Waals surface area contributed by atoms with Crippen LogP contribution in [-0.4, -0.2) is 62.3 Å². The normalized spacial score (nSPS) is 24.5. The molecule has 0 amide bonds. The number of likely N-dealkylation sites (N-methyl/N-ethyl adjacent to an activating group) is 2. The summed E-state index contributed by atoms with van der Waals surface area (Å²) in [5.74, 6) is -1.42. The molecule has 1 saturated heterocycles. The molecule has 17 heavy (non-hydrogen) atoms. The first-order valence-corrected chi connectivity index (χ1v) is 6.00. The van der Waals surface area contributed by atoms with Crippen molar-refractivity contribution in [3.8, 4) is 0 Å². The van der Waals surface area contributed by atoms with Crippen molar-refractivity contribution in [2.45, 2.75) is 25.1 Å². The Morgan fingerprint density at radius 3 is 2.53 bits per heavy atom. The fourth-order valence-corrected chi connectivity index (χ4v) is 2.33. The third-order valence-electron chi connectivity index (χ3n) is 3.47. The summed E-state index contributed by atoms with van der Waals surface area (Å²) in [7, 11) is 3.76. The van der Waals surface area contributed by atoms with Gasteiger partial charge in [-0.2, -0.15) is 13.2 Å². The lowest BCUT2D eigenvalue weighted by molar-refractivity contribution is -0.175. The zero-order valence-electron chi connectivity index (χ0n) is 10.5. The number of hydrogen-bond donors (Lipinski definition) is 1. The molecule has 2 atom stereocenters. The molecule has 0 saturated carbocycles. The van der Waals surface area contributed by atoms with E-state index in [9.17, 15) is 13.2 Å². The molecule has 3 nitrogen and oxygen atoms in total. The van der Waals surface area contributed by atoms with Crippen LogP contribution in [0.2, 0.25) is 0 Å². The van der Waals surface area contributed by atoms with Gasteiger partial charge in [-0.25, -0.2) is 0 Å². The Kier molecular flexibility index (Phi) is 5.22. The third kappa shape index (κ3) is 4.44. The van der Waals surface area contributed by atoms with E-state index >= 15 is 0 Å². The number of alkyl halides is 3. The largest absolute Gasteiger partial charge is 0.394 e. The molecule has 102 valence electrons. The maximum absolute atomic E-state index is 12.6. The van der Waals surface area contributed by atoms with Crippen molar-refractivity contribution < 1.29 is 13.2 Å². The van der Waals surface area contributed by atoms with Crippen LogP contribution in [0.3, 0.4) is 0 Å². The quantitative estimate of drug-likeness (QED) is 0.798. The van der Waals surface area contributed by atoms with Gasteiger partial charge in [-0.1, -0.05) is 0 Å². The minimum Gasteiger partial charge on any atom is -0.330 e. The molecule has 2 N–H and O–H groups in total. The third-order valence-corrected chi connectivity index (χ3v) is 3.47. The van der Waals surface area contributed by atoms with E-state index in [-0.39, 0.29) is 13.1 Å². The van der Waals surface area contributed by atoms with Crippen molar-refractivity contribution in [1.82, 2.24) is 9.80 Å². The first kappa shape index (κ1) is 14.7. The lowest BCUT2D eigenvalue weighted by Crippen LogP contribution is -2.43. The first-order valence-electron chi connectivity index (χ1n) is 6.00. The van der Waals surface area contributed by atoms with Crippen LogP contribution in [-0.2, 0) is 0 Å². The second-order valence-corrected chi connectivity index (χ2v) is 4.97. The SMILES string of the molecule is CN(CC1CCCN1C)CC(CN)C(F)(F)F. The summed E-state index contributed by atoms with van der Waals surface area (Å²) < 4.78 is 37.7. The van der Waals surface area contributed by atoms with Crippen molar-refractivity contribution in [2.75, 3.05) is 40.3 Å². The molecule has 1 aliphatic rings. The van der Waals surface area contributed by atoms with Crippen LogP contribution >= 0.6 is 0 Å². The van der Waals surface area contributed by atoms with E-state index in [0.717, 1.165) is 19.4 Å². The number of rotatable bonds is 5. The summed E-state index contributed by atoms with van der Waals surface area (Å²) in [6.07, 6.45) is -1.99. The average Bonchev–Trinajstić information content (AvgIpc) is 2.59. The van der Waals surface area contributed by atoms with E-state index in [1.165, 1.54) is 0 Å². The van der Waals surface area contributed by atoms with E-state index in [1.807, 2.05) is 7.05 Å². The van der Waals surface area contributed by atoms with Crippen LogP contribution in [0.25, 0.3) is 0 Å². The Labute approximate surface area is 101 Å². The summed E-state index contributed by atoms with van der Waals surface area (Å²) >= 11 is 0. The lowest BCUT2D eigenvalue weighted by atomic mass is 10.1. The second kappa shape index (κ2) is 6.02. The summed E-state index contributed by atoms with van der Waals surface area (Å²) in [5.41, 5.74) is 5.19. The van der Waals surface area contributed by atoms with Gasteiger partial charge in [0.1, 0.15) is 0 Å². The number of halogens is 3. The number of likely N-dealkylation sites (tertiary alicyclic amines) is 1. The van der Waals surface area contributed by atoms with Gasteiger partial charge in [0.25, 0.3) is 0 Å². The summed E-state index contributed by atoms with van der Waals surface area (Å²) in [4.78, 5) is 3.96. The highest BCUT2D eigenvalue weighted by molar-refractivity contribution is 4.80. The monoisotopic (exact) mass is 253 g/mol. The van der Waals surface area contributed by atoms with Gasteiger partial charge in [-0.15, -0.1) is 0 Å². The summed E-state index contributed by atoms with van der Waals surface area (Å²) in [6.45, 7) is 1.37. The zero-order chi connectivity index (χ0) is 13.1. The van der Waals surface area contributed by atoms with Gasteiger partial charge in [0.2, 0.25) is 0 Å². The average molecular weight is 253 g/mol. The smallest absolute Gasteiger partial charge is 0.330 e. The molecule has 0 aromatic rings. The number of hydrogen-bond acceptors (Lipinski definition) is 3. The molecule has 0 aromatic heterocycles. The minimum atomic E-state index is -4.19. The Balaban J connectivity index is 2.40. The van der Waals surface area contributed by atoms with Crippen LogP contribution < -0.4 is 5.73 Å². The molecule has 1 aliphatic heterocycles. The highest BCUT2D eigenvalue weighted by atomic mass is 19.4. The van der Waals surface area contributed by atoms with Crippen LogP contribution in [0.4, 0.5) is 13.2 Å². The van der Waals surface area contributed by atoms with E-state index in [1.54, 1.807) is 11.9 Å². The minimum absolute atomic E-state index is 0.00958. The predicted octanol–water partition coefficient (Wildman–Crippen LogP) is 1.15. The molecule has 1 fully saturated rings. The Morgan fingerprint density at radius 2 is 2.12 bits per heavy atom. The molecular weight excluding hydrogens is 231 g/mol. The van der Waals surface area contributed by atoms with Crippen LogP contribution in [0.15, 0.2) is 0 Å². The molecule has 0 aliphatic carbocycles. The van der Waals surface area contributed by atoms with Crippen LogP contribution in [0, 0.1) is 5.92 Å². The predicted molar refractivity (Wildman–Crippen MR) is 61.7 cm³/mol. The van der Waals surface area contributed by atoms with Crippen molar-refractivity contribution in [2.24, 2.45) is 11.7 Å². The van der Waals surface area contributed by atoms with E-state index in [4.69, 9.17) is 5.73 Å². The standard InChI is InChI=1S/C11H22F3N3/c1-16(7-9(6-15)11(12,13)14)8-10-4-3-5-17(10)2/h9-10H,3-8,15H2,1-2H3. The van der Waals surface area contributed by atoms with Gasteiger partial charge >= 0.3 is 6.18 Å². The highest BCUT2D eigenvalue weighted by Gasteiger charge is 2.39. The summed E-state index contributed by atoms with van der Waals surface area (Å²) in [5, 5.41) is 0. The maximum Gasteiger partial charge on any atom is 0.394 e. The molecule has 1 heterocycles. The number of nitrogens with two attached hydrogens (primary N) is 1. The molecule has 2 unspecified atom stereocenters. The molecule has 0 aromatic carbocycles. The van der Waals surface area contributed by atoms with Gasteiger partial charge in [0, 0.05) is 25.7 Å². The van der Waals surface area contributed by atoms with Gasteiger partial charge in [0.05, 0.1) is 5.92 Å². The van der Waals surface area contributed by atoms with E-state index in [2.05, 4.69) is 4.90 Å². The molecular formula is C11H22F3N3. The Hall–Kier alpha value is -0.330. The topological polar surface area (TPSA) is 32.5 Å². The maximum atomic E-state index is 12.6. The fraction of sp³-hybridized carbons (Fsp3) is 1.00. The van der Waals surface area contributed by atoms with Gasteiger partial charge in [-0.05, 0) is 33.5 Å². The second-order valence-electron chi connectivity index (χ2n) is 4.97. The lowest BCUT2D eigenvalue weighted by Gasteiger charge is -2.29. The van der Waals surface area contributed by atoms with Crippen molar-refractivity contribution in [3.05, 3.63) is 0 Å². The van der Waals surface area contributed by atoms with Gasteiger partial charge in [-0.3, -0.25) is 0 Å². The van der Waals surface area contributed by atoms with E-state index in [0.29, 0.717) is 12.6 Å². The van der Waals surface area contributed by atoms with Gasteiger partial charge in [0.15, 0.2) is 0 Å². The van der Waals surface area contributed by atoms with Crippen molar-refractivity contribution >= 4 is 0 Å². The van der Waals surface area contributed by atoms with Crippen LogP contribution in [0.5, 0.6) is 0 Å². The van der Waals surface area contributed by atoms with E-state index < -0.39 is 12.1 Å². The molecule has 6 heteroatoms. The first-order chi connectivity index (χ1) is 7.84. The van der Waals surface area contributed by atoms with Crippen LogP contribution in [0.1, 0.15) is 12.8 Å². The Bertz CT molecular complexity index is 232. The van der Waals surface area contributed by atoms with Crippen molar-refractivity contribution in [1.29, 1.82) is 0 Å². The number of nitrogens with zero attached hydrogens (tertiary/aromatic N) is 2. The highest BCUT2D eigenvalue weighted by Crippen LogP contribution is 2.26. The zero-order valence-corrected chi connectivity index (χ0v) is 10.5. The van der Waals surface area contributed by atoms with Crippen molar-refractivity contribution in [3.63, 3.8) is 0 Å². The van der Waals surface area contributed by atoms with Gasteiger partial charge < -0.3 is 15.5 Å². The fourth-order valence-electron chi connectivity index (χ4n) is 2.33. The molecule has 1 rings (SSSR count). The molecule has 0 spiro atoms. The molecule has 0 bridgehead atoms. The Morgan fingerprint density at radius 1 is 1.47 bits per heavy atom. The molecule has 0 radical (unpaired) electrons. The summed E-state index contributed by atoms with van der Waals surface area (Å²) in [6, 6.07) is 0.381.